The summed E-state index contributed by atoms with van der Waals surface area (Å²) in [6.07, 6.45) is 5.69. The van der Waals surface area contributed by atoms with Gasteiger partial charge in [0.25, 0.3) is 0 Å². The number of rotatable bonds is 1. The first-order valence-corrected chi connectivity index (χ1v) is 10.6. The van der Waals surface area contributed by atoms with Crippen molar-refractivity contribution in [1.29, 1.82) is 0 Å². The molecule has 0 bridgehead atoms. The molecule has 27 heavy (non-hydrogen) atoms. The lowest BCUT2D eigenvalue weighted by Gasteiger charge is -2.43. The fourth-order valence-corrected chi connectivity index (χ4v) is 6.58. The topological polar surface area (TPSA) is 84.9 Å². The molecule has 0 aromatic heterocycles. The Hall–Kier alpha value is -1.51. The summed E-state index contributed by atoms with van der Waals surface area (Å²) < 4.78 is 6.18. The predicted octanol–water partition coefficient (Wildman–Crippen LogP) is 0.404. The highest BCUT2D eigenvalue weighted by molar-refractivity contribution is 9.12. The van der Waals surface area contributed by atoms with Crippen LogP contribution >= 0.6 is 31.9 Å². The van der Waals surface area contributed by atoms with Crippen LogP contribution in [-0.2, 0) is 14.9 Å². The number of carbonyl (C=O) groups is 1. The molecule has 3 heterocycles. The van der Waals surface area contributed by atoms with E-state index in [1.54, 1.807) is 7.11 Å². The van der Waals surface area contributed by atoms with Crippen molar-refractivity contribution in [3.8, 4) is 5.75 Å². The summed E-state index contributed by atoms with van der Waals surface area (Å²) in [6.45, 7) is 0.816. The van der Waals surface area contributed by atoms with Gasteiger partial charge in [0.05, 0.1) is 25.8 Å². The normalized spacial score (nSPS) is 30.6. The van der Waals surface area contributed by atoms with E-state index in [1.165, 1.54) is 0 Å². The number of ether oxygens (including phenoxy) is 1. The maximum Gasteiger partial charge on any atom is 0.214 e. The molecule has 0 saturated heterocycles. The van der Waals surface area contributed by atoms with E-state index in [1.807, 2.05) is 12.3 Å². The van der Waals surface area contributed by atoms with Gasteiger partial charge in [0.1, 0.15) is 18.5 Å². The Morgan fingerprint density at radius 1 is 1.44 bits per heavy atom. The highest BCUT2D eigenvalue weighted by atomic mass is 79.9. The number of fused-ring (bicyclic) bond motifs is 3. The van der Waals surface area contributed by atoms with Crippen LogP contribution in [0.3, 0.4) is 0 Å². The molecule has 6 nitrogen and oxygen atoms in total. The highest BCUT2D eigenvalue weighted by Crippen LogP contribution is 2.50. The zero-order valence-corrected chi connectivity index (χ0v) is 17.8. The van der Waals surface area contributed by atoms with Gasteiger partial charge in [-0.3, -0.25) is 9.79 Å². The van der Waals surface area contributed by atoms with Crippen LogP contribution < -0.4 is 20.9 Å². The predicted molar refractivity (Wildman–Crippen MR) is 109 cm³/mol. The number of hydrogen-bond donors (Lipinski definition) is 3. The molecule has 1 spiro atoms. The summed E-state index contributed by atoms with van der Waals surface area (Å²) in [6, 6.07) is 0. The summed E-state index contributed by atoms with van der Waals surface area (Å²) in [5, 5.41) is 16.4. The number of carbonyl (C=O) groups excluding carboxylic acids is 1. The van der Waals surface area contributed by atoms with Gasteiger partial charge in [0, 0.05) is 31.6 Å². The van der Waals surface area contributed by atoms with Gasteiger partial charge in [0.2, 0.25) is 5.36 Å². The molecular weight excluding hydrogens is 478 g/mol. The van der Waals surface area contributed by atoms with Gasteiger partial charge >= 0.3 is 0 Å². The van der Waals surface area contributed by atoms with Crippen molar-refractivity contribution in [3.63, 3.8) is 0 Å². The van der Waals surface area contributed by atoms with Crippen LogP contribution in [0.4, 0.5) is 11.4 Å². The molecule has 1 aromatic carbocycles. The van der Waals surface area contributed by atoms with Gasteiger partial charge in [0.15, 0.2) is 11.5 Å². The molecule has 3 atom stereocenters. The third kappa shape index (κ3) is 2.36. The molecule has 3 N–H and O–H groups in total. The van der Waals surface area contributed by atoms with E-state index in [0.29, 0.717) is 28.7 Å². The smallest absolute Gasteiger partial charge is 0.214 e. The molecular formula is C19H18Br2N3O3+. The van der Waals surface area contributed by atoms with E-state index in [2.05, 4.69) is 47.2 Å². The van der Waals surface area contributed by atoms with Crippen molar-refractivity contribution in [3.05, 3.63) is 26.7 Å². The second-order valence-corrected chi connectivity index (χ2v) is 9.37. The number of aliphatic imine (C=N–C) groups is 1. The van der Waals surface area contributed by atoms with Gasteiger partial charge in [-0.05, 0) is 27.9 Å². The average Bonchev–Trinajstić information content (AvgIpc) is 3.09. The molecule has 0 saturated carbocycles. The van der Waals surface area contributed by atoms with Gasteiger partial charge < -0.3 is 15.2 Å². The number of Topliss-reactive ketones (excluding diaryl/α,β-unsaturated/α-hetero) is 1. The first kappa shape index (κ1) is 17.6. The number of ketones is 1. The number of phenolic OH excluding ortho intramolecular Hbond substituents is 1. The molecule has 3 unspecified atom stereocenters. The monoisotopic (exact) mass is 494 g/mol. The second kappa shape index (κ2) is 5.99. The van der Waals surface area contributed by atoms with E-state index in [-0.39, 0.29) is 22.6 Å². The molecule has 3 aliphatic heterocycles. The molecule has 8 heteroatoms. The van der Waals surface area contributed by atoms with Crippen molar-refractivity contribution in [2.45, 2.75) is 35.7 Å². The number of methoxy groups -OCH3 is 1. The van der Waals surface area contributed by atoms with E-state index >= 15 is 0 Å². The Balaban J connectivity index is 1.90. The lowest BCUT2D eigenvalue weighted by molar-refractivity contribution is -0.501. The highest BCUT2D eigenvalue weighted by Gasteiger charge is 2.49. The van der Waals surface area contributed by atoms with Crippen LogP contribution in [0.15, 0.2) is 15.6 Å². The number of allylic oxidation sites excluding steroid dienone is 2. The fraction of sp³-hybridized carbons (Fsp3) is 0.421. The number of anilines is 1. The summed E-state index contributed by atoms with van der Waals surface area (Å²) in [5.41, 5.74) is 2.92. The summed E-state index contributed by atoms with van der Waals surface area (Å²) >= 11 is 7.02. The van der Waals surface area contributed by atoms with Crippen LogP contribution in [0.25, 0.3) is 5.57 Å². The van der Waals surface area contributed by atoms with Crippen LogP contribution in [0, 0.1) is 0 Å². The number of nitrogens with one attached hydrogen (secondary N) is 2. The Morgan fingerprint density at radius 2 is 2.26 bits per heavy atom. The summed E-state index contributed by atoms with van der Waals surface area (Å²) in [4.78, 5) is 20.1. The number of phenols is 1. The van der Waals surface area contributed by atoms with Gasteiger partial charge in [-0.25, -0.2) is 4.99 Å². The maximum atomic E-state index is 12.4. The quantitative estimate of drug-likeness (QED) is 0.389. The molecule has 0 amide bonds. The van der Waals surface area contributed by atoms with Crippen LogP contribution in [0.1, 0.15) is 24.8 Å². The van der Waals surface area contributed by atoms with Crippen LogP contribution in [0.5, 0.6) is 5.75 Å². The zero-order chi connectivity index (χ0) is 18.9. The molecule has 4 aliphatic rings. The number of hydrogen-bond acceptors (Lipinski definition) is 5. The Kier molecular flexibility index (Phi) is 3.90. The zero-order valence-electron chi connectivity index (χ0n) is 14.6. The minimum atomic E-state index is -0.456. The minimum Gasteiger partial charge on any atom is -0.504 e. The van der Waals surface area contributed by atoms with Crippen LogP contribution in [-0.4, -0.2) is 41.8 Å². The van der Waals surface area contributed by atoms with E-state index in [4.69, 9.17) is 4.74 Å². The third-order valence-electron chi connectivity index (χ3n) is 5.92. The first-order valence-electron chi connectivity index (χ1n) is 8.88. The standard InChI is InChI=1S/C19H17Br2N3O3/c1-27-11-6-19(4-9(20)17(25)10(21)5-19)13-14-12-8(2-3-22-14)7-23-15(12)18(26)16(13)24-11/h4,7,10-11,24,26H,2-3,5-6H2,1H3/p+1. The molecule has 5 rings (SSSR count). The lowest BCUT2D eigenvalue weighted by Crippen LogP contribution is -2.83. The minimum absolute atomic E-state index is 0.0391. The number of benzene rings is 1. The van der Waals surface area contributed by atoms with Crippen molar-refractivity contribution < 1.29 is 19.6 Å². The number of nitrogens with zero attached hydrogens (tertiary/aromatic N) is 1. The van der Waals surface area contributed by atoms with Crippen molar-refractivity contribution in [1.82, 2.24) is 0 Å². The molecule has 1 aliphatic carbocycles. The Labute approximate surface area is 172 Å². The van der Waals surface area contributed by atoms with Gasteiger partial charge in [-0.15, -0.1) is 0 Å². The van der Waals surface area contributed by atoms with Gasteiger partial charge in [-0.1, -0.05) is 22.0 Å². The Bertz CT molecular complexity index is 1080. The van der Waals surface area contributed by atoms with Crippen molar-refractivity contribution in [2.75, 3.05) is 19.0 Å². The molecule has 0 radical (unpaired) electrons. The molecule has 0 fully saturated rings. The summed E-state index contributed by atoms with van der Waals surface area (Å²) in [7, 11) is 1.64. The lowest BCUT2D eigenvalue weighted by atomic mass is 9.67. The Morgan fingerprint density at radius 3 is 3.00 bits per heavy atom. The second-order valence-electron chi connectivity index (χ2n) is 7.41. The van der Waals surface area contributed by atoms with E-state index < -0.39 is 5.41 Å². The average molecular weight is 496 g/mol. The first-order chi connectivity index (χ1) is 12.9. The van der Waals surface area contributed by atoms with E-state index in [9.17, 15) is 9.90 Å². The van der Waals surface area contributed by atoms with Crippen molar-refractivity contribution >= 4 is 60.8 Å². The maximum absolute atomic E-state index is 12.4. The number of aromatic hydroxyl groups is 1. The number of halogens is 2. The third-order valence-corrected chi connectivity index (χ3v) is 7.28. The van der Waals surface area contributed by atoms with E-state index in [0.717, 1.165) is 34.7 Å². The largest absolute Gasteiger partial charge is 0.504 e. The van der Waals surface area contributed by atoms with Crippen molar-refractivity contribution in [2.24, 2.45) is 4.99 Å². The van der Waals surface area contributed by atoms with Crippen LogP contribution in [0.2, 0.25) is 0 Å². The fourth-order valence-electron chi connectivity index (χ4n) is 4.73. The molecule has 140 valence electrons. The molecule has 1 aromatic rings. The summed E-state index contributed by atoms with van der Waals surface area (Å²) in [5.74, 6) is 0.185. The SMILES string of the molecule is COC1CC2(C=C(Br)C(=O)C(Br)C2)c2c(c(O)c3c4c2=[NH+]CCC=4C=N3)N1. The van der Waals surface area contributed by atoms with Gasteiger partial charge in [-0.2, -0.15) is 0 Å². The number of alkyl halides is 1.